The molecule has 1 unspecified atom stereocenters. The van der Waals surface area contributed by atoms with Crippen molar-refractivity contribution in [3.05, 3.63) is 30.1 Å². The van der Waals surface area contributed by atoms with E-state index in [9.17, 15) is 9.90 Å². The molecule has 0 radical (unpaired) electrons. The molecule has 4 nitrogen and oxygen atoms in total. The number of pyridine rings is 1. The van der Waals surface area contributed by atoms with Gasteiger partial charge in [0.05, 0.1) is 6.61 Å². The van der Waals surface area contributed by atoms with E-state index >= 15 is 0 Å². The molecule has 78 valence electrons. The molecule has 1 aromatic rings. The maximum atomic E-state index is 11.1. The van der Waals surface area contributed by atoms with E-state index in [-0.39, 0.29) is 19.0 Å². The summed E-state index contributed by atoms with van der Waals surface area (Å²) in [6, 6.07) is 3.14. The van der Waals surface area contributed by atoms with Crippen LogP contribution in [-0.2, 0) is 9.53 Å². The Morgan fingerprint density at radius 1 is 1.57 bits per heavy atom. The van der Waals surface area contributed by atoms with Gasteiger partial charge in [-0.3, -0.25) is 4.98 Å². The lowest BCUT2D eigenvalue weighted by Crippen LogP contribution is -2.15. The van der Waals surface area contributed by atoms with Crippen LogP contribution in [0.4, 0.5) is 0 Å². The van der Waals surface area contributed by atoms with Gasteiger partial charge < -0.3 is 9.84 Å². The van der Waals surface area contributed by atoms with Crippen molar-refractivity contribution >= 4 is 18.4 Å². The second-order valence-electron chi connectivity index (χ2n) is 2.44. The highest BCUT2D eigenvalue weighted by atomic mass is 35.5. The number of aliphatic hydroxyl groups is 1. The number of nitrogens with zero attached hydrogens (tertiary/aromatic N) is 1. The zero-order valence-electron chi connectivity index (χ0n) is 7.71. The summed E-state index contributed by atoms with van der Waals surface area (Å²) in [6.45, 7) is 1.96. The SMILES string of the molecule is CCOC(=O)C(O)c1ccncc1.Cl. The van der Waals surface area contributed by atoms with Crippen LogP contribution in [0.5, 0.6) is 0 Å². The number of esters is 1. The maximum absolute atomic E-state index is 11.1. The minimum atomic E-state index is -1.21. The Morgan fingerprint density at radius 3 is 2.64 bits per heavy atom. The van der Waals surface area contributed by atoms with Crippen molar-refractivity contribution in [3.8, 4) is 0 Å². The zero-order chi connectivity index (χ0) is 9.68. The van der Waals surface area contributed by atoms with E-state index in [1.54, 1.807) is 19.1 Å². The van der Waals surface area contributed by atoms with Crippen molar-refractivity contribution < 1.29 is 14.6 Å². The van der Waals surface area contributed by atoms with Crippen molar-refractivity contribution in [2.24, 2.45) is 0 Å². The van der Waals surface area contributed by atoms with Crippen LogP contribution in [-0.4, -0.2) is 22.7 Å². The van der Waals surface area contributed by atoms with E-state index in [1.165, 1.54) is 12.4 Å². The van der Waals surface area contributed by atoms with Crippen LogP contribution < -0.4 is 0 Å². The predicted octanol–water partition coefficient (Wildman–Crippen LogP) is 1.10. The van der Waals surface area contributed by atoms with Gasteiger partial charge in [-0.1, -0.05) is 0 Å². The van der Waals surface area contributed by atoms with Crippen LogP contribution in [0.2, 0.25) is 0 Å². The van der Waals surface area contributed by atoms with Crippen molar-refractivity contribution in [3.63, 3.8) is 0 Å². The molecule has 1 aromatic heterocycles. The van der Waals surface area contributed by atoms with Gasteiger partial charge in [-0.15, -0.1) is 12.4 Å². The molecule has 1 heterocycles. The molecule has 0 aromatic carbocycles. The van der Waals surface area contributed by atoms with Gasteiger partial charge in [-0.2, -0.15) is 0 Å². The Morgan fingerprint density at radius 2 is 2.14 bits per heavy atom. The minimum Gasteiger partial charge on any atom is -0.464 e. The Kier molecular flexibility index (Phi) is 5.83. The molecule has 0 spiro atoms. The second-order valence-corrected chi connectivity index (χ2v) is 2.44. The molecule has 1 rings (SSSR count). The fraction of sp³-hybridized carbons (Fsp3) is 0.333. The zero-order valence-corrected chi connectivity index (χ0v) is 8.53. The summed E-state index contributed by atoms with van der Waals surface area (Å²) in [5.41, 5.74) is 0.494. The highest BCUT2D eigenvalue weighted by molar-refractivity contribution is 5.85. The quantitative estimate of drug-likeness (QED) is 0.771. The Hall–Kier alpha value is -1.13. The predicted molar refractivity (Wildman–Crippen MR) is 53.1 cm³/mol. The first-order valence-corrected chi connectivity index (χ1v) is 4.00. The van der Waals surface area contributed by atoms with Gasteiger partial charge in [0.2, 0.25) is 0 Å². The van der Waals surface area contributed by atoms with E-state index in [0.717, 1.165) is 0 Å². The van der Waals surface area contributed by atoms with Gasteiger partial charge in [0.25, 0.3) is 0 Å². The summed E-state index contributed by atoms with van der Waals surface area (Å²) < 4.78 is 4.65. The van der Waals surface area contributed by atoms with Crippen LogP contribution in [0.15, 0.2) is 24.5 Å². The number of carbonyl (C=O) groups is 1. The molecule has 0 aliphatic carbocycles. The summed E-state index contributed by atoms with van der Waals surface area (Å²) >= 11 is 0. The van der Waals surface area contributed by atoms with Gasteiger partial charge in [0, 0.05) is 12.4 Å². The molecule has 0 aliphatic rings. The number of halogens is 1. The van der Waals surface area contributed by atoms with Crippen molar-refractivity contribution in [1.82, 2.24) is 4.98 Å². The number of rotatable bonds is 3. The normalized spacial score (nSPS) is 11.3. The highest BCUT2D eigenvalue weighted by Gasteiger charge is 2.17. The van der Waals surface area contributed by atoms with Crippen molar-refractivity contribution in [2.45, 2.75) is 13.0 Å². The molecule has 0 fully saturated rings. The van der Waals surface area contributed by atoms with Crippen molar-refractivity contribution in [2.75, 3.05) is 6.61 Å². The largest absolute Gasteiger partial charge is 0.464 e. The lowest BCUT2D eigenvalue weighted by molar-refractivity contribution is -0.153. The molecular weight excluding hydrogens is 206 g/mol. The first-order valence-electron chi connectivity index (χ1n) is 4.00. The molecular formula is C9H12ClNO3. The molecule has 0 aliphatic heterocycles. The van der Waals surface area contributed by atoms with Gasteiger partial charge in [0.1, 0.15) is 0 Å². The van der Waals surface area contributed by atoms with Crippen LogP contribution in [0, 0.1) is 0 Å². The summed E-state index contributed by atoms with van der Waals surface area (Å²) in [4.78, 5) is 14.8. The van der Waals surface area contributed by atoms with Gasteiger partial charge in [-0.25, -0.2) is 4.79 Å². The first-order chi connectivity index (χ1) is 6.25. The lowest BCUT2D eigenvalue weighted by atomic mass is 10.1. The molecule has 5 heteroatoms. The number of ether oxygens (including phenoxy) is 1. The molecule has 1 N–H and O–H groups in total. The van der Waals surface area contributed by atoms with E-state index in [0.29, 0.717) is 5.56 Å². The molecule has 0 saturated carbocycles. The van der Waals surface area contributed by atoms with Crippen LogP contribution >= 0.6 is 12.4 Å². The third-order valence-corrected chi connectivity index (χ3v) is 1.53. The number of hydrogen-bond acceptors (Lipinski definition) is 4. The number of aliphatic hydroxyl groups excluding tert-OH is 1. The van der Waals surface area contributed by atoms with Gasteiger partial charge in [0.15, 0.2) is 6.10 Å². The minimum absolute atomic E-state index is 0. The second kappa shape index (κ2) is 6.34. The van der Waals surface area contributed by atoms with Crippen LogP contribution in [0.25, 0.3) is 0 Å². The number of carbonyl (C=O) groups excluding carboxylic acids is 1. The third-order valence-electron chi connectivity index (χ3n) is 1.53. The monoisotopic (exact) mass is 217 g/mol. The van der Waals surface area contributed by atoms with Crippen molar-refractivity contribution in [1.29, 1.82) is 0 Å². The highest BCUT2D eigenvalue weighted by Crippen LogP contribution is 2.12. The van der Waals surface area contributed by atoms with E-state index in [1.807, 2.05) is 0 Å². The molecule has 0 saturated heterocycles. The molecule has 0 bridgehead atoms. The summed E-state index contributed by atoms with van der Waals surface area (Å²) in [5.74, 6) is -0.631. The third kappa shape index (κ3) is 3.32. The van der Waals surface area contributed by atoms with Gasteiger partial charge >= 0.3 is 5.97 Å². The molecule has 14 heavy (non-hydrogen) atoms. The van der Waals surface area contributed by atoms with E-state index in [4.69, 9.17) is 0 Å². The molecule has 1 atom stereocenters. The summed E-state index contributed by atoms with van der Waals surface area (Å²) in [7, 11) is 0. The van der Waals surface area contributed by atoms with Gasteiger partial charge in [-0.05, 0) is 24.6 Å². The summed E-state index contributed by atoms with van der Waals surface area (Å²) in [5, 5.41) is 9.42. The average Bonchev–Trinajstić information content (AvgIpc) is 2.18. The van der Waals surface area contributed by atoms with E-state index < -0.39 is 12.1 Å². The Labute approximate surface area is 88.3 Å². The topological polar surface area (TPSA) is 59.4 Å². The number of hydrogen-bond donors (Lipinski definition) is 1. The number of aromatic nitrogens is 1. The average molecular weight is 218 g/mol. The van der Waals surface area contributed by atoms with E-state index in [2.05, 4.69) is 9.72 Å². The Bertz CT molecular complexity index is 279. The standard InChI is InChI=1S/C9H11NO3.ClH/c1-2-13-9(12)8(11)7-3-5-10-6-4-7;/h3-6,8,11H,2H2,1H3;1H. The molecule has 0 amide bonds. The van der Waals surface area contributed by atoms with Crippen LogP contribution in [0.3, 0.4) is 0 Å². The smallest absolute Gasteiger partial charge is 0.339 e. The first kappa shape index (κ1) is 12.9. The maximum Gasteiger partial charge on any atom is 0.339 e. The lowest BCUT2D eigenvalue weighted by Gasteiger charge is -2.08. The Balaban J connectivity index is 0.00000169. The van der Waals surface area contributed by atoms with Crippen LogP contribution in [0.1, 0.15) is 18.6 Å². The fourth-order valence-electron chi connectivity index (χ4n) is 0.903. The summed E-state index contributed by atoms with van der Waals surface area (Å²) in [6.07, 6.45) is 1.82. The fourth-order valence-corrected chi connectivity index (χ4v) is 0.903.